The Morgan fingerprint density at radius 2 is 1.95 bits per heavy atom. The molecule has 0 unspecified atom stereocenters. The number of carbonyl (C=O) groups is 4. The highest BCUT2D eigenvalue weighted by Crippen LogP contribution is 2.42. The summed E-state index contributed by atoms with van der Waals surface area (Å²) in [6, 6.07) is 3.52. The van der Waals surface area contributed by atoms with Gasteiger partial charge in [-0.1, -0.05) is 13.8 Å². The van der Waals surface area contributed by atoms with Crippen LogP contribution in [0.3, 0.4) is 0 Å². The number of nitrogens with zero attached hydrogens (tertiary/aromatic N) is 1. The Labute approximate surface area is 215 Å². The number of rotatable bonds is 8. The number of ether oxygens (including phenoxy) is 2. The monoisotopic (exact) mass is 513 g/mol. The van der Waals surface area contributed by atoms with Gasteiger partial charge in [0.25, 0.3) is 0 Å². The zero-order valence-electron chi connectivity index (χ0n) is 21.9. The van der Waals surface area contributed by atoms with Crippen LogP contribution in [0.2, 0.25) is 0 Å². The van der Waals surface area contributed by atoms with Crippen LogP contribution >= 0.6 is 0 Å². The van der Waals surface area contributed by atoms with Crippen LogP contribution in [-0.4, -0.2) is 63.0 Å². The minimum absolute atomic E-state index is 0.0259. The molecule has 4 rings (SSSR count). The molecule has 1 aromatic heterocycles. The number of amides is 2. The quantitative estimate of drug-likeness (QED) is 0.461. The molecule has 1 saturated heterocycles. The molecule has 0 saturated carbocycles. The Bertz CT molecular complexity index is 1230. The molecule has 2 aromatic rings. The number of carbonyl (C=O) groups excluding carboxylic acids is 3. The lowest BCUT2D eigenvalue weighted by Gasteiger charge is -2.46. The smallest absolute Gasteiger partial charge is 0.341 e. The molecule has 10 heteroatoms. The van der Waals surface area contributed by atoms with Gasteiger partial charge in [0.05, 0.1) is 6.04 Å². The van der Waals surface area contributed by atoms with Crippen molar-refractivity contribution >= 4 is 34.7 Å². The second-order valence-corrected chi connectivity index (χ2v) is 11.2. The largest absolute Gasteiger partial charge is 0.482 e. The predicted octanol–water partition coefficient (Wildman–Crippen LogP) is 3.09. The molecule has 0 aliphatic carbocycles. The molecule has 2 amide bonds. The van der Waals surface area contributed by atoms with Gasteiger partial charge in [-0.05, 0) is 57.2 Å². The number of carboxylic acid groups (broad SMARTS) is 1. The van der Waals surface area contributed by atoms with Crippen molar-refractivity contribution in [1.29, 1.82) is 0 Å². The number of hydrogen-bond donors (Lipinski definition) is 3. The molecule has 200 valence electrons. The number of esters is 1. The summed E-state index contributed by atoms with van der Waals surface area (Å²) in [7, 11) is 0. The number of nitrogens with one attached hydrogen (secondary N) is 2. The van der Waals surface area contributed by atoms with Gasteiger partial charge in [-0.15, -0.1) is 0 Å². The van der Waals surface area contributed by atoms with E-state index >= 15 is 0 Å². The van der Waals surface area contributed by atoms with E-state index in [0.717, 1.165) is 22.2 Å². The molecule has 2 aliphatic heterocycles. The standard InChI is InChI=1S/C27H35N3O7/c1-14(2)10-20-24-17(16-7-6-15(11-19(16)28-24)36-13-22(31)32)12-21-25(34)29-18(26(35)30(20)21)8-9-23(33)37-27(3,4)5/h6-7,11,14,18,20-21,28H,8-10,12-13H2,1-5H3,(H,29,34)(H,31,32)/t18-,20-,21-/m0/s1. The third-order valence-corrected chi connectivity index (χ3v) is 6.60. The van der Waals surface area contributed by atoms with Gasteiger partial charge in [0.15, 0.2) is 6.61 Å². The molecule has 2 aliphatic rings. The lowest BCUT2D eigenvalue weighted by Crippen LogP contribution is -2.66. The van der Waals surface area contributed by atoms with Gasteiger partial charge in [-0.2, -0.15) is 0 Å². The highest BCUT2D eigenvalue weighted by atomic mass is 16.6. The molecule has 3 N–H and O–H groups in total. The molecule has 37 heavy (non-hydrogen) atoms. The van der Waals surface area contributed by atoms with E-state index in [4.69, 9.17) is 14.6 Å². The van der Waals surface area contributed by atoms with E-state index in [1.54, 1.807) is 37.8 Å². The SMILES string of the molecule is CC(C)C[C@H]1c2[nH]c3cc(OCC(=O)O)ccc3c2C[C@H]2C(=O)N[C@@H](CCC(=O)OC(C)(C)C)C(=O)N21. The van der Waals surface area contributed by atoms with E-state index in [1.165, 1.54) is 0 Å². The number of aromatic nitrogens is 1. The number of carboxylic acids is 1. The molecule has 3 heterocycles. The van der Waals surface area contributed by atoms with Crippen molar-refractivity contribution in [3.63, 3.8) is 0 Å². The lowest BCUT2D eigenvalue weighted by molar-refractivity contribution is -0.157. The van der Waals surface area contributed by atoms with E-state index in [0.29, 0.717) is 18.6 Å². The summed E-state index contributed by atoms with van der Waals surface area (Å²) in [5, 5.41) is 12.7. The number of benzene rings is 1. The highest BCUT2D eigenvalue weighted by molar-refractivity contribution is 5.99. The van der Waals surface area contributed by atoms with Crippen molar-refractivity contribution in [3.05, 3.63) is 29.5 Å². The first-order valence-electron chi connectivity index (χ1n) is 12.7. The van der Waals surface area contributed by atoms with Crippen LogP contribution in [-0.2, 0) is 30.3 Å². The molecule has 0 bridgehead atoms. The van der Waals surface area contributed by atoms with E-state index in [2.05, 4.69) is 24.1 Å². The van der Waals surface area contributed by atoms with Crippen LogP contribution in [0.25, 0.3) is 10.9 Å². The number of H-pyrrole nitrogens is 1. The summed E-state index contributed by atoms with van der Waals surface area (Å²) >= 11 is 0. The number of aliphatic carboxylic acids is 1. The van der Waals surface area contributed by atoms with Crippen molar-refractivity contribution < 1.29 is 33.8 Å². The topological polar surface area (TPSA) is 138 Å². The van der Waals surface area contributed by atoms with Gasteiger partial charge in [0.1, 0.15) is 23.4 Å². The average molecular weight is 514 g/mol. The van der Waals surface area contributed by atoms with Crippen LogP contribution in [0.4, 0.5) is 0 Å². The minimum atomic E-state index is -1.06. The van der Waals surface area contributed by atoms with Gasteiger partial charge in [-0.25, -0.2) is 4.79 Å². The summed E-state index contributed by atoms with van der Waals surface area (Å²) in [6.07, 6.45) is 1.20. The van der Waals surface area contributed by atoms with Crippen LogP contribution in [0, 0.1) is 5.92 Å². The number of aromatic amines is 1. The first-order valence-corrected chi connectivity index (χ1v) is 12.7. The lowest BCUT2D eigenvalue weighted by atomic mass is 9.85. The summed E-state index contributed by atoms with van der Waals surface area (Å²) < 4.78 is 10.7. The summed E-state index contributed by atoms with van der Waals surface area (Å²) in [5.41, 5.74) is 1.99. The zero-order valence-corrected chi connectivity index (χ0v) is 21.9. The van der Waals surface area contributed by atoms with Crippen molar-refractivity contribution in [2.24, 2.45) is 5.92 Å². The van der Waals surface area contributed by atoms with Gasteiger partial charge in [-0.3, -0.25) is 14.4 Å². The number of fused-ring (bicyclic) bond motifs is 4. The van der Waals surface area contributed by atoms with Crippen LogP contribution in [0.1, 0.15) is 71.2 Å². The molecule has 1 fully saturated rings. The molecular weight excluding hydrogens is 478 g/mol. The summed E-state index contributed by atoms with van der Waals surface area (Å²) in [6.45, 7) is 9.04. The predicted molar refractivity (Wildman–Crippen MR) is 135 cm³/mol. The fourth-order valence-electron chi connectivity index (χ4n) is 5.21. The van der Waals surface area contributed by atoms with E-state index in [-0.39, 0.29) is 36.6 Å². The third kappa shape index (κ3) is 5.73. The Balaban J connectivity index is 1.63. The minimum Gasteiger partial charge on any atom is -0.482 e. The average Bonchev–Trinajstić information content (AvgIpc) is 3.15. The second kappa shape index (κ2) is 10.1. The maximum absolute atomic E-state index is 13.7. The second-order valence-electron chi connectivity index (χ2n) is 11.2. The van der Waals surface area contributed by atoms with E-state index < -0.39 is 36.2 Å². The van der Waals surface area contributed by atoms with Crippen LogP contribution in [0.5, 0.6) is 5.75 Å². The summed E-state index contributed by atoms with van der Waals surface area (Å²) in [4.78, 5) is 55.2. The van der Waals surface area contributed by atoms with Gasteiger partial charge >= 0.3 is 11.9 Å². The van der Waals surface area contributed by atoms with Crippen molar-refractivity contribution in [2.45, 2.75) is 84.0 Å². The maximum Gasteiger partial charge on any atom is 0.341 e. The Kier molecular flexibility index (Phi) is 7.21. The Hall–Kier alpha value is -3.56. The maximum atomic E-state index is 13.7. The van der Waals surface area contributed by atoms with E-state index in [1.807, 2.05) is 6.07 Å². The van der Waals surface area contributed by atoms with Crippen molar-refractivity contribution in [1.82, 2.24) is 15.2 Å². The fourth-order valence-corrected chi connectivity index (χ4v) is 5.21. The zero-order chi connectivity index (χ0) is 27.1. The third-order valence-electron chi connectivity index (χ3n) is 6.60. The van der Waals surface area contributed by atoms with Gasteiger partial charge in [0.2, 0.25) is 11.8 Å². The highest BCUT2D eigenvalue weighted by Gasteiger charge is 2.48. The Morgan fingerprint density at radius 1 is 1.22 bits per heavy atom. The van der Waals surface area contributed by atoms with Gasteiger partial charge < -0.3 is 29.8 Å². The normalized spacial score (nSPS) is 21.5. The first kappa shape index (κ1) is 26.5. The molecular formula is C27H35N3O7. The van der Waals surface area contributed by atoms with E-state index in [9.17, 15) is 19.2 Å². The molecule has 1 aromatic carbocycles. The first-order chi connectivity index (χ1) is 17.3. The number of piperazine rings is 1. The van der Waals surface area contributed by atoms with Crippen molar-refractivity contribution in [3.8, 4) is 5.75 Å². The van der Waals surface area contributed by atoms with Crippen molar-refractivity contribution in [2.75, 3.05) is 6.61 Å². The fraction of sp³-hybridized carbons (Fsp3) is 0.556. The molecule has 0 radical (unpaired) electrons. The van der Waals surface area contributed by atoms with Crippen LogP contribution < -0.4 is 10.1 Å². The van der Waals surface area contributed by atoms with Crippen LogP contribution in [0.15, 0.2) is 18.2 Å². The molecule has 0 spiro atoms. The number of hydrogen-bond acceptors (Lipinski definition) is 6. The summed E-state index contributed by atoms with van der Waals surface area (Å²) in [5.74, 6) is -1.24. The van der Waals surface area contributed by atoms with Gasteiger partial charge in [0, 0.05) is 35.5 Å². The molecule has 3 atom stereocenters. The molecule has 10 nitrogen and oxygen atoms in total. The Morgan fingerprint density at radius 3 is 2.59 bits per heavy atom.